The second-order valence-corrected chi connectivity index (χ2v) is 4.99. The van der Waals surface area contributed by atoms with Crippen LogP contribution in [0.5, 0.6) is 0 Å². The van der Waals surface area contributed by atoms with Crippen molar-refractivity contribution in [3.05, 3.63) is 52.0 Å². The van der Waals surface area contributed by atoms with E-state index in [9.17, 15) is 0 Å². The molecule has 2 aromatic rings. The maximum absolute atomic E-state index is 6.16. The molecule has 0 spiro atoms. The van der Waals surface area contributed by atoms with Gasteiger partial charge in [0.05, 0.1) is 16.4 Å². The molecule has 0 amide bonds. The van der Waals surface area contributed by atoms with Crippen molar-refractivity contribution < 1.29 is 0 Å². The van der Waals surface area contributed by atoms with Gasteiger partial charge in [-0.25, -0.2) is 0 Å². The lowest BCUT2D eigenvalue weighted by Gasteiger charge is -2.15. The van der Waals surface area contributed by atoms with Crippen molar-refractivity contribution in [2.45, 2.75) is 20.8 Å². The summed E-state index contributed by atoms with van der Waals surface area (Å²) in [4.78, 5) is 0. The highest BCUT2D eigenvalue weighted by molar-refractivity contribution is 6.34. The third-order valence-corrected chi connectivity index (χ3v) is 3.46. The number of nitrogens with one attached hydrogen (secondary N) is 1. The van der Waals surface area contributed by atoms with E-state index in [-0.39, 0.29) is 0 Å². The summed E-state index contributed by atoms with van der Waals surface area (Å²) in [6.07, 6.45) is 0. The van der Waals surface area contributed by atoms with Crippen LogP contribution in [-0.4, -0.2) is 0 Å². The molecule has 3 heteroatoms. The minimum absolute atomic E-state index is 0.632. The molecule has 2 rings (SSSR count). The normalized spacial score (nSPS) is 10.4. The first-order valence-electron chi connectivity index (χ1n) is 5.88. The molecule has 2 nitrogen and oxygen atoms in total. The number of hydrogen-bond acceptors (Lipinski definition) is 2. The minimum Gasteiger partial charge on any atom is -0.397 e. The van der Waals surface area contributed by atoms with Crippen molar-refractivity contribution in [1.29, 1.82) is 0 Å². The first-order chi connectivity index (χ1) is 8.49. The van der Waals surface area contributed by atoms with Crippen molar-refractivity contribution in [3.8, 4) is 0 Å². The Morgan fingerprint density at radius 2 is 1.67 bits per heavy atom. The van der Waals surface area contributed by atoms with E-state index in [1.165, 1.54) is 16.7 Å². The summed E-state index contributed by atoms with van der Waals surface area (Å²) in [5, 5.41) is 3.95. The van der Waals surface area contributed by atoms with Gasteiger partial charge in [-0.05, 0) is 55.7 Å². The van der Waals surface area contributed by atoms with Crippen LogP contribution in [0.1, 0.15) is 16.7 Å². The van der Waals surface area contributed by atoms with Gasteiger partial charge in [0.2, 0.25) is 0 Å². The number of nitrogen functional groups attached to an aromatic ring is 1. The molecule has 0 radical (unpaired) electrons. The highest BCUT2D eigenvalue weighted by Crippen LogP contribution is 2.32. The quantitative estimate of drug-likeness (QED) is 0.775. The van der Waals surface area contributed by atoms with E-state index in [0.717, 1.165) is 11.4 Å². The van der Waals surface area contributed by atoms with Crippen LogP contribution in [0.4, 0.5) is 17.1 Å². The lowest BCUT2D eigenvalue weighted by Crippen LogP contribution is -1.99. The Bertz CT molecular complexity index is 571. The Morgan fingerprint density at radius 3 is 2.33 bits per heavy atom. The Balaban J connectivity index is 2.43. The number of nitrogens with two attached hydrogens (primary N) is 1. The molecule has 0 aliphatic heterocycles. The Kier molecular flexibility index (Phi) is 3.48. The molecule has 3 N–H and O–H groups in total. The molecule has 0 fully saturated rings. The van der Waals surface area contributed by atoms with Crippen molar-refractivity contribution in [1.82, 2.24) is 0 Å². The molecular formula is C15H17ClN2. The van der Waals surface area contributed by atoms with Gasteiger partial charge < -0.3 is 11.1 Å². The molecule has 0 aliphatic rings. The Morgan fingerprint density at radius 1 is 1.00 bits per heavy atom. The predicted octanol–water partition coefficient (Wildman–Crippen LogP) is 4.59. The molecule has 0 saturated carbocycles. The van der Waals surface area contributed by atoms with E-state index in [4.69, 9.17) is 17.3 Å². The second kappa shape index (κ2) is 4.91. The molecule has 0 saturated heterocycles. The standard InChI is InChI=1S/C15H17ClN2/c1-9-7-11(3)14(8-10(9)2)18-15-12(16)5-4-6-13(15)17/h4-8,18H,17H2,1-3H3. The summed E-state index contributed by atoms with van der Waals surface area (Å²) < 4.78 is 0. The first-order valence-corrected chi connectivity index (χ1v) is 6.25. The van der Waals surface area contributed by atoms with Crippen LogP contribution >= 0.6 is 11.6 Å². The van der Waals surface area contributed by atoms with Gasteiger partial charge in [-0.15, -0.1) is 0 Å². The summed E-state index contributed by atoms with van der Waals surface area (Å²) >= 11 is 6.16. The van der Waals surface area contributed by atoms with Crippen LogP contribution in [0.15, 0.2) is 30.3 Å². The first kappa shape index (κ1) is 12.8. The molecule has 94 valence electrons. The number of anilines is 3. The molecule has 0 bridgehead atoms. The van der Waals surface area contributed by atoms with Crippen molar-refractivity contribution in [3.63, 3.8) is 0 Å². The number of hydrogen-bond donors (Lipinski definition) is 2. The largest absolute Gasteiger partial charge is 0.397 e. The maximum Gasteiger partial charge on any atom is 0.0807 e. The van der Waals surface area contributed by atoms with Crippen molar-refractivity contribution in [2.24, 2.45) is 0 Å². The number of para-hydroxylation sites is 1. The molecule has 0 atom stereocenters. The predicted molar refractivity (Wildman–Crippen MR) is 79.8 cm³/mol. The number of rotatable bonds is 2. The average molecular weight is 261 g/mol. The van der Waals surface area contributed by atoms with Gasteiger partial charge in [0.15, 0.2) is 0 Å². The van der Waals surface area contributed by atoms with Gasteiger partial charge in [0.25, 0.3) is 0 Å². The fourth-order valence-electron chi connectivity index (χ4n) is 1.90. The van der Waals surface area contributed by atoms with Gasteiger partial charge in [-0.2, -0.15) is 0 Å². The van der Waals surface area contributed by atoms with E-state index in [1.807, 2.05) is 18.2 Å². The molecule has 0 heterocycles. The number of halogens is 1. The van der Waals surface area contributed by atoms with E-state index >= 15 is 0 Å². The van der Waals surface area contributed by atoms with Crippen molar-refractivity contribution in [2.75, 3.05) is 11.1 Å². The lowest BCUT2D eigenvalue weighted by molar-refractivity contribution is 1.29. The van der Waals surface area contributed by atoms with E-state index < -0.39 is 0 Å². The van der Waals surface area contributed by atoms with Crippen LogP contribution in [0.25, 0.3) is 0 Å². The SMILES string of the molecule is Cc1cc(C)c(Nc2c(N)cccc2Cl)cc1C. The molecule has 2 aromatic carbocycles. The summed E-state index contributed by atoms with van der Waals surface area (Å²) in [5.74, 6) is 0. The van der Waals surface area contributed by atoms with E-state index in [2.05, 4.69) is 38.2 Å². The maximum atomic E-state index is 6.16. The van der Waals surface area contributed by atoms with Crippen LogP contribution in [0.2, 0.25) is 5.02 Å². The van der Waals surface area contributed by atoms with E-state index in [1.54, 1.807) is 0 Å². The molecule has 0 aliphatic carbocycles. The van der Waals surface area contributed by atoms with Gasteiger partial charge >= 0.3 is 0 Å². The molecule has 18 heavy (non-hydrogen) atoms. The third-order valence-electron chi connectivity index (χ3n) is 3.15. The average Bonchev–Trinajstić information content (AvgIpc) is 2.30. The number of benzene rings is 2. The fourth-order valence-corrected chi connectivity index (χ4v) is 2.13. The zero-order valence-electron chi connectivity index (χ0n) is 10.8. The highest BCUT2D eigenvalue weighted by atomic mass is 35.5. The van der Waals surface area contributed by atoms with Crippen molar-refractivity contribution >= 4 is 28.7 Å². The van der Waals surface area contributed by atoms with Gasteiger partial charge in [-0.3, -0.25) is 0 Å². The van der Waals surface area contributed by atoms with Gasteiger partial charge in [0, 0.05) is 5.69 Å². The highest BCUT2D eigenvalue weighted by Gasteiger charge is 2.07. The van der Waals surface area contributed by atoms with Crippen LogP contribution < -0.4 is 11.1 Å². The fraction of sp³-hybridized carbons (Fsp3) is 0.200. The zero-order chi connectivity index (χ0) is 13.3. The molecular weight excluding hydrogens is 244 g/mol. The van der Waals surface area contributed by atoms with Crippen LogP contribution in [-0.2, 0) is 0 Å². The molecule has 0 unspecified atom stereocenters. The number of aryl methyl sites for hydroxylation is 3. The smallest absolute Gasteiger partial charge is 0.0807 e. The molecule has 0 aromatic heterocycles. The van der Waals surface area contributed by atoms with E-state index in [0.29, 0.717) is 10.7 Å². The summed E-state index contributed by atoms with van der Waals surface area (Å²) in [7, 11) is 0. The summed E-state index contributed by atoms with van der Waals surface area (Å²) in [6.45, 7) is 6.27. The third kappa shape index (κ3) is 2.44. The summed E-state index contributed by atoms with van der Waals surface area (Å²) in [5.41, 5.74) is 12.1. The van der Waals surface area contributed by atoms with Gasteiger partial charge in [0.1, 0.15) is 0 Å². The topological polar surface area (TPSA) is 38.0 Å². The zero-order valence-corrected chi connectivity index (χ0v) is 11.6. The van der Waals surface area contributed by atoms with Gasteiger partial charge in [-0.1, -0.05) is 23.7 Å². The minimum atomic E-state index is 0.632. The van der Waals surface area contributed by atoms with Crippen LogP contribution in [0, 0.1) is 20.8 Å². The summed E-state index contributed by atoms with van der Waals surface area (Å²) in [6, 6.07) is 9.79. The monoisotopic (exact) mass is 260 g/mol. The van der Waals surface area contributed by atoms with Crippen LogP contribution in [0.3, 0.4) is 0 Å². The Labute approximate surface area is 113 Å². The lowest BCUT2D eigenvalue weighted by atomic mass is 10.0. The Hall–Kier alpha value is -1.67. The second-order valence-electron chi connectivity index (χ2n) is 4.58.